The van der Waals surface area contributed by atoms with Gasteiger partial charge in [0.2, 0.25) is 0 Å². The van der Waals surface area contributed by atoms with Crippen molar-refractivity contribution in [1.82, 2.24) is 0 Å². The number of aliphatic hydroxyl groups is 2. The van der Waals surface area contributed by atoms with Gasteiger partial charge in [-0.05, 0) is 25.1 Å². The molecule has 0 radical (unpaired) electrons. The molecule has 0 aromatic carbocycles. The van der Waals surface area contributed by atoms with Crippen LogP contribution in [0.15, 0.2) is 0 Å². The monoisotopic (exact) mass is 220 g/mol. The van der Waals surface area contributed by atoms with E-state index in [9.17, 15) is 5.11 Å². The van der Waals surface area contributed by atoms with Crippen molar-refractivity contribution in [2.75, 3.05) is 13.2 Å². The summed E-state index contributed by atoms with van der Waals surface area (Å²) in [6, 6.07) is 0. The molecule has 0 spiro atoms. The van der Waals surface area contributed by atoms with E-state index in [4.69, 9.17) is 9.53 Å². The summed E-state index contributed by atoms with van der Waals surface area (Å²) < 4.78 is 5.78. The average molecular weight is 220 g/mol. The number of rotatable bonds is 4. The fourth-order valence-electron chi connectivity index (χ4n) is 0.598. The summed E-state index contributed by atoms with van der Waals surface area (Å²) in [5.41, 5.74) is -1.12. The summed E-state index contributed by atoms with van der Waals surface area (Å²) in [4.78, 5) is 0. The SMILES string of the molecule is CC(O)(CO)CO[Si](C)(C)C(C)(C)C. The molecule has 0 fully saturated rings. The van der Waals surface area contributed by atoms with Gasteiger partial charge in [0.05, 0.1) is 13.2 Å². The molecule has 0 heterocycles. The first-order valence-corrected chi connectivity index (χ1v) is 7.90. The molecule has 14 heavy (non-hydrogen) atoms. The van der Waals surface area contributed by atoms with Crippen LogP contribution in [0.3, 0.4) is 0 Å². The van der Waals surface area contributed by atoms with Crippen molar-refractivity contribution < 1.29 is 14.6 Å². The standard InChI is InChI=1S/C10H24O3Si/c1-9(2,3)14(5,6)13-8-10(4,12)7-11/h11-12H,7-8H2,1-6H3. The molecule has 4 heteroatoms. The Morgan fingerprint density at radius 1 is 1.14 bits per heavy atom. The van der Waals surface area contributed by atoms with Crippen LogP contribution in [0.5, 0.6) is 0 Å². The fraction of sp³-hybridized carbons (Fsp3) is 1.00. The molecule has 0 saturated heterocycles. The van der Waals surface area contributed by atoms with Crippen LogP contribution in [0.1, 0.15) is 27.7 Å². The zero-order valence-electron chi connectivity index (χ0n) is 10.2. The van der Waals surface area contributed by atoms with E-state index < -0.39 is 13.9 Å². The van der Waals surface area contributed by atoms with Gasteiger partial charge in [-0.25, -0.2) is 0 Å². The molecule has 86 valence electrons. The summed E-state index contributed by atoms with van der Waals surface area (Å²) in [6.07, 6.45) is 0. The lowest BCUT2D eigenvalue weighted by atomic mass is 10.1. The zero-order valence-corrected chi connectivity index (χ0v) is 11.2. The Balaban J connectivity index is 4.27. The van der Waals surface area contributed by atoms with Crippen molar-refractivity contribution in [3.8, 4) is 0 Å². The topological polar surface area (TPSA) is 49.7 Å². The summed E-state index contributed by atoms with van der Waals surface area (Å²) in [7, 11) is -1.80. The minimum atomic E-state index is -1.80. The Morgan fingerprint density at radius 3 is 1.86 bits per heavy atom. The van der Waals surface area contributed by atoms with Crippen molar-refractivity contribution in [3.63, 3.8) is 0 Å². The number of aliphatic hydroxyl groups excluding tert-OH is 1. The average Bonchev–Trinajstić information content (AvgIpc) is 1.99. The highest BCUT2D eigenvalue weighted by molar-refractivity contribution is 6.74. The minimum absolute atomic E-state index is 0.137. The van der Waals surface area contributed by atoms with Crippen molar-refractivity contribution in [2.24, 2.45) is 0 Å². The minimum Gasteiger partial charge on any atom is -0.414 e. The van der Waals surface area contributed by atoms with E-state index in [2.05, 4.69) is 33.9 Å². The lowest BCUT2D eigenvalue weighted by molar-refractivity contribution is -0.0360. The largest absolute Gasteiger partial charge is 0.414 e. The van der Waals surface area contributed by atoms with Crippen molar-refractivity contribution in [3.05, 3.63) is 0 Å². The van der Waals surface area contributed by atoms with E-state index in [1.807, 2.05) is 0 Å². The van der Waals surface area contributed by atoms with E-state index >= 15 is 0 Å². The van der Waals surface area contributed by atoms with E-state index in [0.717, 1.165) is 0 Å². The van der Waals surface area contributed by atoms with Crippen LogP contribution in [0.4, 0.5) is 0 Å². The molecule has 0 aromatic heterocycles. The Hall–Kier alpha value is 0.0969. The second kappa shape index (κ2) is 4.31. The van der Waals surface area contributed by atoms with Gasteiger partial charge >= 0.3 is 0 Å². The smallest absolute Gasteiger partial charge is 0.192 e. The molecule has 0 saturated carbocycles. The van der Waals surface area contributed by atoms with Crippen LogP contribution < -0.4 is 0 Å². The van der Waals surface area contributed by atoms with Crippen LogP contribution in [0.25, 0.3) is 0 Å². The predicted molar refractivity (Wildman–Crippen MR) is 60.9 cm³/mol. The summed E-state index contributed by atoms with van der Waals surface area (Å²) in [5, 5.41) is 18.6. The normalized spacial score (nSPS) is 18.0. The van der Waals surface area contributed by atoms with E-state index in [1.165, 1.54) is 0 Å². The quantitative estimate of drug-likeness (QED) is 0.710. The summed E-state index contributed by atoms with van der Waals surface area (Å²) >= 11 is 0. The number of hydrogen-bond acceptors (Lipinski definition) is 3. The molecule has 1 atom stereocenters. The maximum Gasteiger partial charge on any atom is 0.192 e. The molecule has 0 amide bonds. The van der Waals surface area contributed by atoms with E-state index in [-0.39, 0.29) is 18.3 Å². The van der Waals surface area contributed by atoms with Gasteiger partial charge in [0.1, 0.15) is 5.60 Å². The molecule has 0 aliphatic carbocycles. The Kier molecular flexibility index (Phi) is 4.34. The number of hydrogen-bond donors (Lipinski definition) is 2. The third kappa shape index (κ3) is 4.08. The second-order valence-electron chi connectivity index (χ2n) is 5.70. The second-order valence-corrected chi connectivity index (χ2v) is 10.5. The summed E-state index contributed by atoms with van der Waals surface area (Å²) in [6.45, 7) is 12.2. The van der Waals surface area contributed by atoms with E-state index in [0.29, 0.717) is 0 Å². The van der Waals surface area contributed by atoms with Crippen LogP contribution in [0, 0.1) is 0 Å². The maximum absolute atomic E-state index is 9.60. The molecule has 0 aliphatic heterocycles. The Morgan fingerprint density at radius 2 is 1.57 bits per heavy atom. The van der Waals surface area contributed by atoms with Crippen LogP contribution in [-0.4, -0.2) is 37.3 Å². The van der Waals surface area contributed by atoms with Gasteiger partial charge in [-0.1, -0.05) is 20.8 Å². The zero-order chi connectivity index (χ0) is 11.6. The first-order chi connectivity index (χ1) is 6.02. The molecule has 0 rings (SSSR count). The first-order valence-electron chi connectivity index (χ1n) is 4.99. The lowest BCUT2D eigenvalue weighted by Gasteiger charge is -2.38. The lowest BCUT2D eigenvalue weighted by Crippen LogP contribution is -2.46. The van der Waals surface area contributed by atoms with Gasteiger partial charge in [0, 0.05) is 0 Å². The van der Waals surface area contributed by atoms with Crippen molar-refractivity contribution >= 4 is 8.32 Å². The maximum atomic E-state index is 9.60. The van der Waals surface area contributed by atoms with Gasteiger partial charge in [0.25, 0.3) is 0 Å². The third-order valence-corrected chi connectivity index (χ3v) is 7.37. The molecular weight excluding hydrogens is 196 g/mol. The molecule has 0 aromatic rings. The molecule has 3 nitrogen and oxygen atoms in total. The highest BCUT2D eigenvalue weighted by atomic mass is 28.4. The Bertz CT molecular complexity index is 182. The predicted octanol–water partition coefficient (Wildman–Crippen LogP) is 1.75. The van der Waals surface area contributed by atoms with Gasteiger partial charge < -0.3 is 14.6 Å². The molecule has 1 unspecified atom stereocenters. The summed E-state index contributed by atoms with van der Waals surface area (Å²) in [5.74, 6) is 0. The van der Waals surface area contributed by atoms with Crippen molar-refractivity contribution in [2.45, 2.75) is 51.4 Å². The molecule has 0 bridgehead atoms. The Labute approximate surface area is 88.2 Å². The van der Waals surface area contributed by atoms with Crippen LogP contribution >= 0.6 is 0 Å². The fourth-order valence-corrected chi connectivity index (χ4v) is 1.70. The van der Waals surface area contributed by atoms with Gasteiger partial charge in [-0.3, -0.25) is 0 Å². The highest BCUT2D eigenvalue weighted by Crippen LogP contribution is 2.36. The molecule has 2 N–H and O–H groups in total. The third-order valence-electron chi connectivity index (χ3n) is 2.89. The molecule has 0 aliphatic rings. The van der Waals surface area contributed by atoms with E-state index in [1.54, 1.807) is 6.92 Å². The van der Waals surface area contributed by atoms with Crippen LogP contribution in [0.2, 0.25) is 18.1 Å². The van der Waals surface area contributed by atoms with Crippen molar-refractivity contribution in [1.29, 1.82) is 0 Å². The highest BCUT2D eigenvalue weighted by Gasteiger charge is 2.38. The molecular formula is C10H24O3Si. The van der Waals surface area contributed by atoms with Crippen LogP contribution in [-0.2, 0) is 4.43 Å². The van der Waals surface area contributed by atoms with Gasteiger partial charge in [-0.15, -0.1) is 0 Å². The van der Waals surface area contributed by atoms with Gasteiger partial charge in [-0.2, -0.15) is 0 Å². The first kappa shape index (κ1) is 14.1. The van der Waals surface area contributed by atoms with Gasteiger partial charge in [0.15, 0.2) is 8.32 Å².